The van der Waals surface area contributed by atoms with Crippen LogP contribution in [0.5, 0.6) is 5.75 Å². The van der Waals surface area contributed by atoms with Crippen molar-refractivity contribution in [1.29, 1.82) is 0 Å². The quantitative estimate of drug-likeness (QED) is 0.610. The van der Waals surface area contributed by atoms with E-state index >= 15 is 0 Å². The smallest absolute Gasteiger partial charge is 0.258 e. The molecule has 2 N–H and O–H groups in total. The van der Waals surface area contributed by atoms with Crippen LogP contribution in [0.3, 0.4) is 0 Å². The first kappa shape index (κ1) is 25.3. The number of piperidine rings is 1. The summed E-state index contributed by atoms with van der Waals surface area (Å²) in [5.41, 5.74) is 7.61. The Hall–Kier alpha value is -2.78. The number of nitrogens with zero attached hydrogens (tertiary/aromatic N) is 4. The van der Waals surface area contributed by atoms with Crippen LogP contribution in [0.15, 0.2) is 36.3 Å². The summed E-state index contributed by atoms with van der Waals surface area (Å²) in [5.74, 6) is -0.184. The number of amides is 1. The minimum absolute atomic E-state index is 0.117. The van der Waals surface area contributed by atoms with Crippen molar-refractivity contribution in [3.63, 3.8) is 0 Å². The van der Waals surface area contributed by atoms with E-state index in [4.69, 9.17) is 22.1 Å². The largest absolute Gasteiger partial charge is 0.489 e. The molecule has 1 saturated heterocycles. The number of hydrogen-bond acceptors (Lipinski definition) is 6. The van der Waals surface area contributed by atoms with Gasteiger partial charge in [-0.3, -0.25) is 9.69 Å². The topological polar surface area (TPSA) is 84.6 Å². The van der Waals surface area contributed by atoms with Gasteiger partial charge in [-0.25, -0.2) is 18.7 Å². The van der Waals surface area contributed by atoms with Gasteiger partial charge in [-0.15, -0.1) is 0 Å². The first-order valence-corrected chi connectivity index (χ1v) is 12.2. The van der Waals surface area contributed by atoms with Gasteiger partial charge in [-0.05, 0) is 38.3 Å². The van der Waals surface area contributed by atoms with Crippen LogP contribution in [0, 0.1) is 5.82 Å². The predicted octanol–water partition coefficient (Wildman–Crippen LogP) is 4.07. The average Bonchev–Trinajstić information content (AvgIpc) is 3.22. The van der Waals surface area contributed by atoms with E-state index in [0.717, 1.165) is 6.42 Å². The Bertz CT molecular complexity index is 1100. The van der Waals surface area contributed by atoms with Crippen molar-refractivity contribution in [2.24, 2.45) is 5.73 Å². The number of benzene rings is 1. The number of nitrogens with two attached hydrogens (primary N) is 1. The number of ether oxygens (including phenoxy) is 1. The minimum Gasteiger partial charge on any atom is -0.489 e. The van der Waals surface area contributed by atoms with Gasteiger partial charge in [0, 0.05) is 48.4 Å². The molecule has 2 aliphatic rings. The highest BCUT2D eigenvalue weighted by molar-refractivity contribution is 6.30. The maximum Gasteiger partial charge on any atom is 0.258 e. The Morgan fingerprint density at radius 3 is 2.69 bits per heavy atom. The molecule has 7 nitrogen and oxygen atoms in total. The molecule has 0 spiro atoms. The Labute approximate surface area is 208 Å². The highest BCUT2D eigenvalue weighted by Gasteiger charge is 2.35. The van der Waals surface area contributed by atoms with Crippen molar-refractivity contribution in [2.45, 2.75) is 51.3 Å². The first-order chi connectivity index (χ1) is 16.8. The summed E-state index contributed by atoms with van der Waals surface area (Å²) in [6, 6.07) is 4.22. The van der Waals surface area contributed by atoms with E-state index in [1.807, 2.05) is 6.92 Å². The van der Waals surface area contributed by atoms with Gasteiger partial charge in [0.2, 0.25) is 0 Å². The third kappa shape index (κ3) is 5.56. The van der Waals surface area contributed by atoms with E-state index in [0.29, 0.717) is 41.5 Å². The van der Waals surface area contributed by atoms with E-state index in [-0.39, 0.29) is 48.5 Å². The summed E-state index contributed by atoms with van der Waals surface area (Å²) in [6.07, 6.45) is 4.94. The van der Waals surface area contributed by atoms with E-state index in [1.54, 1.807) is 4.90 Å². The summed E-state index contributed by atoms with van der Waals surface area (Å²) >= 11 is 5.87. The van der Waals surface area contributed by atoms with Crippen LogP contribution in [0.2, 0.25) is 5.02 Å². The SMILES string of the molecule is CCC1CC(Oc2cc(F)ccc2C(=O)N2CC(N)=C(c3ncc(Cl)cn3)C2)CC(C)N1CCF. The summed E-state index contributed by atoms with van der Waals surface area (Å²) in [6.45, 7) is 4.52. The third-order valence-corrected chi connectivity index (χ3v) is 6.93. The van der Waals surface area contributed by atoms with Crippen LogP contribution >= 0.6 is 11.6 Å². The third-order valence-electron chi connectivity index (χ3n) is 6.73. The maximum absolute atomic E-state index is 14.2. The van der Waals surface area contributed by atoms with Crippen LogP contribution in [-0.4, -0.2) is 70.2 Å². The number of carbonyl (C=O) groups excluding carboxylic acids is 1. The van der Waals surface area contributed by atoms with Crippen LogP contribution in [0.1, 0.15) is 49.3 Å². The number of rotatable bonds is 7. The monoisotopic (exact) mass is 505 g/mol. The zero-order valence-electron chi connectivity index (χ0n) is 19.9. The van der Waals surface area contributed by atoms with Gasteiger partial charge in [0.05, 0.1) is 23.7 Å². The normalized spacial score (nSPS) is 23.1. The first-order valence-electron chi connectivity index (χ1n) is 11.8. The van der Waals surface area contributed by atoms with E-state index in [1.165, 1.54) is 30.6 Å². The molecule has 0 radical (unpaired) electrons. The van der Waals surface area contributed by atoms with Crippen LogP contribution in [-0.2, 0) is 0 Å². The number of aromatic nitrogens is 2. The molecule has 1 amide bonds. The Morgan fingerprint density at radius 2 is 2.00 bits per heavy atom. The molecule has 1 aromatic heterocycles. The number of carbonyl (C=O) groups is 1. The van der Waals surface area contributed by atoms with Crippen molar-refractivity contribution >= 4 is 23.1 Å². The van der Waals surface area contributed by atoms with Gasteiger partial charge in [0.15, 0.2) is 5.82 Å². The molecule has 0 saturated carbocycles. The van der Waals surface area contributed by atoms with Gasteiger partial charge < -0.3 is 15.4 Å². The number of hydrogen-bond donors (Lipinski definition) is 1. The van der Waals surface area contributed by atoms with Gasteiger partial charge in [0.1, 0.15) is 24.3 Å². The highest BCUT2D eigenvalue weighted by atomic mass is 35.5. The van der Waals surface area contributed by atoms with Crippen LogP contribution < -0.4 is 10.5 Å². The molecule has 0 bridgehead atoms. The molecule has 4 rings (SSSR count). The molecule has 35 heavy (non-hydrogen) atoms. The summed E-state index contributed by atoms with van der Waals surface area (Å²) < 4.78 is 33.5. The van der Waals surface area contributed by atoms with E-state index in [9.17, 15) is 13.6 Å². The molecule has 1 fully saturated rings. The fourth-order valence-electron chi connectivity index (χ4n) is 5.00. The predicted molar refractivity (Wildman–Crippen MR) is 130 cm³/mol. The maximum atomic E-state index is 14.2. The second-order valence-corrected chi connectivity index (χ2v) is 9.52. The Balaban J connectivity index is 1.51. The molecular formula is C25H30ClF2N5O2. The van der Waals surface area contributed by atoms with Gasteiger partial charge >= 0.3 is 0 Å². The van der Waals surface area contributed by atoms with Crippen molar-refractivity contribution in [1.82, 2.24) is 19.8 Å². The molecule has 188 valence electrons. The fraction of sp³-hybridized carbons (Fsp3) is 0.480. The van der Waals surface area contributed by atoms with Crippen molar-refractivity contribution in [2.75, 3.05) is 26.3 Å². The molecule has 2 aliphatic heterocycles. The minimum atomic E-state index is -0.485. The lowest BCUT2D eigenvalue weighted by Gasteiger charge is -2.43. The van der Waals surface area contributed by atoms with Crippen LogP contribution in [0.25, 0.3) is 5.57 Å². The molecule has 3 atom stereocenters. The molecule has 3 heterocycles. The number of likely N-dealkylation sites (tertiary alicyclic amines) is 1. The second-order valence-electron chi connectivity index (χ2n) is 9.08. The molecule has 1 aromatic carbocycles. The van der Waals surface area contributed by atoms with Gasteiger partial charge in [-0.1, -0.05) is 18.5 Å². The van der Waals surface area contributed by atoms with Gasteiger partial charge in [-0.2, -0.15) is 0 Å². The summed E-state index contributed by atoms with van der Waals surface area (Å²) in [5, 5.41) is 0.405. The lowest BCUT2D eigenvalue weighted by atomic mass is 9.92. The Morgan fingerprint density at radius 1 is 1.26 bits per heavy atom. The fourth-order valence-corrected chi connectivity index (χ4v) is 5.10. The number of halogens is 3. The van der Waals surface area contributed by atoms with Crippen molar-refractivity contribution < 1.29 is 18.3 Å². The zero-order chi connectivity index (χ0) is 25.1. The zero-order valence-corrected chi connectivity index (χ0v) is 20.6. The summed E-state index contributed by atoms with van der Waals surface area (Å²) in [7, 11) is 0. The highest BCUT2D eigenvalue weighted by Crippen LogP contribution is 2.32. The molecular weight excluding hydrogens is 476 g/mol. The van der Waals surface area contributed by atoms with Crippen molar-refractivity contribution in [3.8, 4) is 5.75 Å². The summed E-state index contributed by atoms with van der Waals surface area (Å²) in [4.78, 5) is 25.6. The Kier molecular flexibility index (Phi) is 7.86. The number of alkyl halides is 1. The molecule has 0 aliphatic carbocycles. The lowest BCUT2D eigenvalue weighted by molar-refractivity contribution is 0.0134. The average molecular weight is 506 g/mol. The van der Waals surface area contributed by atoms with Gasteiger partial charge in [0.25, 0.3) is 5.91 Å². The van der Waals surface area contributed by atoms with Crippen molar-refractivity contribution in [3.05, 3.63) is 58.5 Å². The van der Waals surface area contributed by atoms with E-state index < -0.39 is 12.5 Å². The molecule has 2 aromatic rings. The lowest BCUT2D eigenvalue weighted by Crippen LogP contribution is -2.51. The van der Waals surface area contributed by atoms with Crippen LogP contribution in [0.4, 0.5) is 8.78 Å². The molecule has 10 heteroatoms. The molecule has 3 unspecified atom stereocenters. The standard InChI is InChI=1S/C25H30ClF2N5O2/c1-3-18-10-19(8-15(2)33(18)7-6-27)35-23-9-17(28)4-5-20(23)25(34)32-13-21(22(29)14-32)24-30-11-16(26)12-31-24/h4-5,9,11-12,15,18-19H,3,6-8,10,13-14,29H2,1-2H3. The van der Waals surface area contributed by atoms with E-state index in [2.05, 4.69) is 21.8 Å². The second kappa shape index (κ2) is 10.9.